The molecule has 0 radical (unpaired) electrons. The molecule has 0 saturated heterocycles. The minimum atomic E-state index is -4.96. The third-order valence-corrected chi connectivity index (χ3v) is 5.68. The first-order chi connectivity index (χ1) is 16.5. The SMILES string of the molecule is NS(=O)(=O)c1cccc(-c2cc(OC(F)(F)F)ccc2ONC(=O)c2cnc3ccccc3c2)c1. The third kappa shape index (κ3) is 5.86. The number of hydrogen-bond donors (Lipinski definition) is 2. The maximum Gasteiger partial charge on any atom is 0.573 e. The van der Waals surface area contributed by atoms with E-state index in [1.54, 1.807) is 30.3 Å². The molecule has 0 bridgehead atoms. The van der Waals surface area contributed by atoms with Gasteiger partial charge in [-0.3, -0.25) is 9.78 Å². The standard InChI is InChI=1S/C23H16F3N3O5S/c24-23(25,26)33-17-8-9-21(19(12-17)14-5-3-6-18(11-14)35(27,31)32)34-29-22(30)16-10-15-4-1-2-7-20(15)28-13-16/h1-13H,(H,29,30)(H2,27,31,32). The highest BCUT2D eigenvalue weighted by molar-refractivity contribution is 7.89. The molecule has 0 saturated carbocycles. The summed E-state index contributed by atoms with van der Waals surface area (Å²) in [6.07, 6.45) is -3.61. The Balaban J connectivity index is 1.66. The van der Waals surface area contributed by atoms with Crippen molar-refractivity contribution in [3.05, 3.63) is 84.6 Å². The summed E-state index contributed by atoms with van der Waals surface area (Å²) in [5.74, 6) is -1.32. The molecule has 0 unspecified atom stereocenters. The van der Waals surface area contributed by atoms with E-state index in [0.717, 1.165) is 24.3 Å². The number of sulfonamides is 1. The lowest BCUT2D eigenvalue weighted by molar-refractivity contribution is -0.274. The van der Waals surface area contributed by atoms with Crippen LogP contribution in [0.3, 0.4) is 0 Å². The molecule has 0 aliphatic heterocycles. The molecule has 0 atom stereocenters. The number of para-hydroxylation sites is 1. The van der Waals surface area contributed by atoms with Crippen LogP contribution in [-0.4, -0.2) is 25.7 Å². The summed E-state index contributed by atoms with van der Waals surface area (Å²) in [4.78, 5) is 21.9. The second kappa shape index (κ2) is 9.24. The van der Waals surface area contributed by atoms with Gasteiger partial charge in [-0.15, -0.1) is 13.2 Å². The Morgan fingerprint density at radius 1 is 0.971 bits per heavy atom. The maximum absolute atomic E-state index is 12.7. The van der Waals surface area contributed by atoms with Crippen molar-refractivity contribution in [2.24, 2.45) is 5.14 Å². The minimum Gasteiger partial charge on any atom is -0.406 e. The van der Waals surface area contributed by atoms with Gasteiger partial charge in [0.2, 0.25) is 10.0 Å². The van der Waals surface area contributed by atoms with Gasteiger partial charge < -0.3 is 9.57 Å². The van der Waals surface area contributed by atoms with Crippen LogP contribution in [-0.2, 0) is 10.0 Å². The molecule has 1 aromatic heterocycles. The van der Waals surface area contributed by atoms with Gasteiger partial charge in [0.1, 0.15) is 5.75 Å². The molecule has 1 heterocycles. The van der Waals surface area contributed by atoms with Crippen molar-refractivity contribution >= 4 is 26.8 Å². The molecule has 1 amide bonds. The Morgan fingerprint density at radius 2 is 1.74 bits per heavy atom. The Bertz CT molecular complexity index is 1520. The molecule has 12 heteroatoms. The first-order valence-corrected chi connectivity index (χ1v) is 11.4. The van der Waals surface area contributed by atoms with Crippen LogP contribution in [0.5, 0.6) is 11.5 Å². The fraction of sp³-hybridized carbons (Fsp3) is 0.0435. The quantitative estimate of drug-likeness (QED) is 0.381. The van der Waals surface area contributed by atoms with Gasteiger partial charge >= 0.3 is 6.36 Å². The molecular formula is C23H16F3N3O5S. The average molecular weight is 503 g/mol. The number of carbonyl (C=O) groups is 1. The van der Waals surface area contributed by atoms with Gasteiger partial charge in [0, 0.05) is 17.1 Å². The molecule has 0 fully saturated rings. The van der Waals surface area contributed by atoms with Gasteiger partial charge in [-0.25, -0.2) is 13.6 Å². The zero-order chi connectivity index (χ0) is 25.2. The number of alkyl halides is 3. The molecule has 0 spiro atoms. The number of ether oxygens (including phenoxy) is 1. The summed E-state index contributed by atoms with van der Waals surface area (Å²) in [6.45, 7) is 0. The van der Waals surface area contributed by atoms with E-state index in [4.69, 9.17) is 9.98 Å². The van der Waals surface area contributed by atoms with Crippen molar-refractivity contribution in [2.45, 2.75) is 11.3 Å². The van der Waals surface area contributed by atoms with Gasteiger partial charge in [-0.05, 0) is 48.0 Å². The number of benzene rings is 3. The first kappa shape index (κ1) is 24.0. The third-order valence-electron chi connectivity index (χ3n) is 4.76. The van der Waals surface area contributed by atoms with E-state index in [-0.39, 0.29) is 27.3 Å². The normalized spacial score (nSPS) is 11.8. The fourth-order valence-electron chi connectivity index (χ4n) is 3.22. The summed E-state index contributed by atoms with van der Waals surface area (Å²) in [5, 5.41) is 5.88. The topological polar surface area (TPSA) is 121 Å². The predicted octanol–water partition coefficient (Wildman–Crippen LogP) is 4.17. The summed E-state index contributed by atoms with van der Waals surface area (Å²) in [7, 11) is -4.09. The van der Waals surface area contributed by atoms with Gasteiger partial charge in [0.15, 0.2) is 5.75 Å². The van der Waals surface area contributed by atoms with Crippen molar-refractivity contribution in [3.8, 4) is 22.6 Å². The molecule has 3 N–H and O–H groups in total. The van der Waals surface area contributed by atoms with Crippen LogP contribution in [0.4, 0.5) is 13.2 Å². The number of halogens is 3. The number of nitrogens with zero attached hydrogens (tertiary/aromatic N) is 1. The van der Waals surface area contributed by atoms with Crippen LogP contribution in [0.2, 0.25) is 0 Å². The number of pyridine rings is 1. The molecule has 0 aliphatic carbocycles. The summed E-state index contributed by atoms with van der Waals surface area (Å²) in [5.41, 5.74) is 3.24. The summed E-state index contributed by atoms with van der Waals surface area (Å²) < 4.78 is 65.6. The Morgan fingerprint density at radius 3 is 2.49 bits per heavy atom. The summed E-state index contributed by atoms with van der Waals surface area (Å²) >= 11 is 0. The van der Waals surface area contributed by atoms with E-state index in [9.17, 15) is 26.4 Å². The van der Waals surface area contributed by atoms with Crippen LogP contribution in [0.1, 0.15) is 10.4 Å². The molecule has 4 aromatic rings. The number of carbonyl (C=O) groups excluding carboxylic acids is 1. The highest BCUT2D eigenvalue weighted by Gasteiger charge is 2.31. The molecule has 4 rings (SSSR count). The van der Waals surface area contributed by atoms with Crippen molar-refractivity contribution < 1.29 is 36.0 Å². The van der Waals surface area contributed by atoms with Gasteiger partial charge in [-0.2, -0.15) is 5.48 Å². The second-order valence-electron chi connectivity index (χ2n) is 7.23. The molecular weight excluding hydrogens is 487 g/mol. The smallest absolute Gasteiger partial charge is 0.406 e. The molecule has 8 nitrogen and oxygen atoms in total. The van der Waals surface area contributed by atoms with Crippen molar-refractivity contribution in [1.29, 1.82) is 0 Å². The number of primary sulfonamides is 1. The number of nitrogens with two attached hydrogens (primary N) is 1. The van der Waals surface area contributed by atoms with E-state index in [0.29, 0.717) is 10.9 Å². The van der Waals surface area contributed by atoms with Crippen molar-refractivity contribution in [3.63, 3.8) is 0 Å². The Hall–Kier alpha value is -4.16. The zero-order valence-corrected chi connectivity index (χ0v) is 18.4. The van der Waals surface area contributed by atoms with Crippen LogP contribution in [0, 0.1) is 0 Å². The lowest BCUT2D eigenvalue weighted by Crippen LogP contribution is -2.27. The van der Waals surface area contributed by atoms with Crippen molar-refractivity contribution in [1.82, 2.24) is 10.5 Å². The van der Waals surface area contributed by atoms with E-state index in [1.807, 2.05) is 0 Å². The summed E-state index contributed by atoms with van der Waals surface area (Å²) in [6, 6.07) is 17.0. The van der Waals surface area contributed by atoms with Gasteiger partial charge in [0.05, 0.1) is 16.0 Å². The largest absolute Gasteiger partial charge is 0.573 e. The van der Waals surface area contributed by atoms with E-state index in [2.05, 4.69) is 15.2 Å². The number of aromatic nitrogens is 1. The number of rotatable bonds is 6. The Labute approximate surface area is 197 Å². The van der Waals surface area contributed by atoms with Crippen LogP contribution < -0.4 is 20.2 Å². The number of hydroxylamine groups is 1. The maximum atomic E-state index is 12.7. The van der Waals surface area contributed by atoms with Crippen LogP contribution >= 0.6 is 0 Å². The lowest BCUT2D eigenvalue weighted by Gasteiger charge is -2.15. The molecule has 0 aliphatic rings. The number of fused-ring (bicyclic) bond motifs is 1. The van der Waals surface area contributed by atoms with E-state index in [1.165, 1.54) is 24.4 Å². The first-order valence-electron chi connectivity index (χ1n) is 9.85. The lowest BCUT2D eigenvalue weighted by atomic mass is 10.0. The van der Waals surface area contributed by atoms with E-state index >= 15 is 0 Å². The number of nitrogens with one attached hydrogen (secondary N) is 1. The molecule has 180 valence electrons. The highest BCUT2D eigenvalue weighted by atomic mass is 32.2. The number of amides is 1. The van der Waals surface area contributed by atoms with E-state index < -0.39 is 28.0 Å². The number of hydrogen-bond acceptors (Lipinski definition) is 6. The highest BCUT2D eigenvalue weighted by Crippen LogP contribution is 2.36. The second-order valence-corrected chi connectivity index (χ2v) is 8.79. The predicted molar refractivity (Wildman–Crippen MR) is 120 cm³/mol. The minimum absolute atomic E-state index is 0.00851. The van der Waals surface area contributed by atoms with Crippen molar-refractivity contribution in [2.75, 3.05) is 0 Å². The molecule has 35 heavy (non-hydrogen) atoms. The van der Waals surface area contributed by atoms with Gasteiger partial charge in [0.25, 0.3) is 5.91 Å². The zero-order valence-electron chi connectivity index (χ0n) is 17.6. The average Bonchev–Trinajstić information content (AvgIpc) is 2.81. The Kier molecular flexibility index (Phi) is 6.33. The van der Waals surface area contributed by atoms with Crippen LogP contribution in [0.15, 0.2) is 83.9 Å². The van der Waals surface area contributed by atoms with Gasteiger partial charge in [-0.1, -0.05) is 30.3 Å². The van der Waals surface area contributed by atoms with Crippen LogP contribution in [0.25, 0.3) is 22.0 Å². The monoisotopic (exact) mass is 503 g/mol. The molecule has 3 aromatic carbocycles. The fourth-order valence-corrected chi connectivity index (χ4v) is 3.78.